The van der Waals surface area contributed by atoms with Crippen LogP contribution in [0.4, 0.5) is 0 Å². The van der Waals surface area contributed by atoms with Gasteiger partial charge in [0.2, 0.25) is 0 Å². The van der Waals surface area contributed by atoms with Gasteiger partial charge in [0.25, 0.3) is 5.91 Å². The van der Waals surface area contributed by atoms with Crippen LogP contribution in [-0.2, 0) is 0 Å². The number of carbonyl (C=O) groups is 1. The Morgan fingerprint density at radius 3 is 2.64 bits per heavy atom. The molecule has 1 saturated heterocycles. The van der Waals surface area contributed by atoms with Crippen LogP contribution < -0.4 is 15.7 Å². The quantitative estimate of drug-likeness (QED) is 0.798. The second-order valence-electron chi connectivity index (χ2n) is 7.49. The number of likely N-dealkylation sites (tertiary alicyclic amines) is 1. The van der Waals surface area contributed by atoms with Crippen LogP contribution in [0.3, 0.4) is 0 Å². The number of methoxy groups -OCH3 is 1. The van der Waals surface area contributed by atoms with Crippen LogP contribution in [-0.4, -0.2) is 53.6 Å². The summed E-state index contributed by atoms with van der Waals surface area (Å²) in [4.78, 5) is 33.4. The minimum absolute atomic E-state index is 0.213. The zero-order valence-electron chi connectivity index (χ0n) is 16.7. The first kappa shape index (κ1) is 20.1. The molecule has 1 aliphatic heterocycles. The van der Waals surface area contributed by atoms with Gasteiger partial charge in [-0.1, -0.05) is 6.92 Å². The Hall–Kier alpha value is -2.67. The Bertz CT molecular complexity index is 855. The van der Waals surface area contributed by atoms with Gasteiger partial charge in [-0.2, -0.15) is 4.98 Å². The summed E-state index contributed by atoms with van der Waals surface area (Å²) in [6.07, 6.45) is 2.39. The second-order valence-corrected chi connectivity index (χ2v) is 7.49. The molecule has 150 valence electrons. The van der Waals surface area contributed by atoms with Gasteiger partial charge in [-0.3, -0.25) is 9.69 Å². The van der Waals surface area contributed by atoms with Gasteiger partial charge in [-0.25, -0.2) is 4.79 Å². The topological polar surface area (TPSA) is 87.3 Å². The number of ether oxygens (including phenoxy) is 1. The van der Waals surface area contributed by atoms with Crippen molar-refractivity contribution in [2.75, 3.05) is 26.7 Å². The number of benzene rings is 1. The lowest BCUT2D eigenvalue weighted by Crippen LogP contribution is -2.45. The fraction of sp³-hybridized carbons (Fsp3) is 0.476. The van der Waals surface area contributed by atoms with Crippen molar-refractivity contribution in [3.8, 4) is 17.0 Å². The third-order valence-electron chi connectivity index (χ3n) is 5.37. The van der Waals surface area contributed by atoms with Crippen LogP contribution in [0.1, 0.15) is 37.2 Å². The number of aromatic amines is 1. The smallest absolute Gasteiger partial charge is 0.346 e. The molecule has 0 spiro atoms. The fourth-order valence-corrected chi connectivity index (χ4v) is 3.42. The van der Waals surface area contributed by atoms with Crippen molar-refractivity contribution >= 4 is 5.91 Å². The zero-order chi connectivity index (χ0) is 20.1. The summed E-state index contributed by atoms with van der Waals surface area (Å²) in [6, 6.07) is 9.05. The molecule has 3 rings (SSSR count). The summed E-state index contributed by atoms with van der Waals surface area (Å²) in [6.45, 7) is 7.06. The number of amides is 1. The molecule has 7 heteroatoms. The molecule has 1 aromatic carbocycles. The monoisotopic (exact) mass is 384 g/mol. The van der Waals surface area contributed by atoms with E-state index in [4.69, 9.17) is 4.74 Å². The van der Waals surface area contributed by atoms with Gasteiger partial charge in [-0.05, 0) is 69.1 Å². The molecule has 1 fully saturated rings. The van der Waals surface area contributed by atoms with Crippen LogP contribution >= 0.6 is 0 Å². The average molecular weight is 384 g/mol. The van der Waals surface area contributed by atoms with Crippen LogP contribution in [0.25, 0.3) is 11.3 Å². The van der Waals surface area contributed by atoms with Crippen molar-refractivity contribution in [1.82, 2.24) is 20.2 Å². The lowest BCUT2D eigenvalue weighted by atomic mass is 9.98. The molecular formula is C21H28N4O3. The predicted octanol–water partition coefficient (Wildman–Crippen LogP) is 2.30. The van der Waals surface area contributed by atoms with E-state index in [2.05, 4.69) is 34.0 Å². The van der Waals surface area contributed by atoms with Gasteiger partial charge in [0, 0.05) is 18.2 Å². The van der Waals surface area contributed by atoms with Crippen molar-refractivity contribution in [3.05, 3.63) is 46.5 Å². The molecule has 1 aliphatic rings. The first-order valence-corrected chi connectivity index (χ1v) is 9.74. The fourth-order valence-electron chi connectivity index (χ4n) is 3.42. The number of piperidine rings is 1. The molecular weight excluding hydrogens is 356 g/mol. The van der Waals surface area contributed by atoms with Crippen LogP contribution in [0.5, 0.6) is 5.75 Å². The van der Waals surface area contributed by atoms with Gasteiger partial charge in [0.15, 0.2) is 0 Å². The number of hydrogen-bond acceptors (Lipinski definition) is 5. The molecule has 0 radical (unpaired) electrons. The molecule has 0 saturated carbocycles. The van der Waals surface area contributed by atoms with Gasteiger partial charge in [-0.15, -0.1) is 0 Å². The Morgan fingerprint density at radius 2 is 2.00 bits per heavy atom. The van der Waals surface area contributed by atoms with Crippen molar-refractivity contribution < 1.29 is 9.53 Å². The third kappa shape index (κ3) is 4.98. The predicted molar refractivity (Wildman–Crippen MR) is 109 cm³/mol. The van der Waals surface area contributed by atoms with E-state index < -0.39 is 5.69 Å². The molecule has 2 aromatic rings. The maximum atomic E-state index is 12.6. The lowest BCUT2D eigenvalue weighted by molar-refractivity contribution is 0.0916. The summed E-state index contributed by atoms with van der Waals surface area (Å²) in [5.74, 6) is 1.19. The average Bonchev–Trinajstić information content (AvgIpc) is 2.72. The highest BCUT2D eigenvalue weighted by molar-refractivity contribution is 5.93. The summed E-state index contributed by atoms with van der Waals surface area (Å²) < 4.78 is 5.14. The van der Waals surface area contributed by atoms with Gasteiger partial charge < -0.3 is 15.0 Å². The van der Waals surface area contributed by atoms with Crippen LogP contribution in [0.2, 0.25) is 0 Å². The van der Waals surface area contributed by atoms with Crippen LogP contribution in [0, 0.1) is 5.92 Å². The summed E-state index contributed by atoms with van der Waals surface area (Å²) >= 11 is 0. The van der Waals surface area contributed by atoms with E-state index >= 15 is 0 Å². The number of rotatable bonds is 6. The SMILES string of the molecule is COc1ccc(-c2cc(C(=O)NCC(C)N3CCC(C)CC3)[nH]c(=O)n2)cc1. The molecule has 0 aliphatic carbocycles. The summed E-state index contributed by atoms with van der Waals surface area (Å²) in [5, 5.41) is 2.93. The Morgan fingerprint density at radius 1 is 1.32 bits per heavy atom. The Labute approximate surface area is 165 Å². The van der Waals surface area contributed by atoms with Crippen molar-refractivity contribution in [1.29, 1.82) is 0 Å². The second kappa shape index (κ2) is 9.01. The first-order chi connectivity index (χ1) is 13.5. The maximum absolute atomic E-state index is 12.6. The minimum atomic E-state index is -0.545. The van der Waals surface area contributed by atoms with E-state index in [1.807, 2.05) is 12.1 Å². The Balaban J connectivity index is 1.66. The molecule has 0 bridgehead atoms. The molecule has 7 nitrogen and oxygen atoms in total. The van der Waals surface area contributed by atoms with E-state index in [9.17, 15) is 9.59 Å². The highest BCUT2D eigenvalue weighted by atomic mass is 16.5. The summed E-state index contributed by atoms with van der Waals surface area (Å²) in [5.41, 5.74) is 0.869. The maximum Gasteiger partial charge on any atom is 0.346 e. The first-order valence-electron chi connectivity index (χ1n) is 9.74. The van der Waals surface area contributed by atoms with E-state index in [-0.39, 0.29) is 17.6 Å². The number of H-pyrrole nitrogens is 1. The molecule has 2 heterocycles. The van der Waals surface area contributed by atoms with E-state index in [0.29, 0.717) is 18.0 Å². The van der Waals surface area contributed by atoms with E-state index in [0.717, 1.165) is 24.6 Å². The normalized spacial score (nSPS) is 16.5. The molecule has 2 N–H and O–H groups in total. The molecule has 1 amide bonds. The molecule has 1 atom stereocenters. The van der Waals surface area contributed by atoms with Gasteiger partial charge in [0.1, 0.15) is 11.4 Å². The number of nitrogens with one attached hydrogen (secondary N) is 2. The number of aromatic nitrogens is 2. The number of carbonyl (C=O) groups excluding carboxylic acids is 1. The van der Waals surface area contributed by atoms with Crippen molar-refractivity contribution in [3.63, 3.8) is 0 Å². The summed E-state index contributed by atoms with van der Waals surface area (Å²) in [7, 11) is 1.59. The highest BCUT2D eigenvalue weighted by Crippen LogP contribution is 2.20. The lowest BCUT2D eigenvalue weighted by Gasteiger charge is -2.34. The number of hydrogen-bond donors (Lipinski definition) is 2. The standard InChI is InChI=1S/C21H28N4O3/c1-14-8-10-25(11-9-14)15(2)13-22-20(26)19-12-18(23-21(27)24-19)16-4-6-17(28-3)7-5-16/h4-7,12,14-15H,8-11,13H2,1-3H3,(H,22,26)(H,23,24,27). The third-order valence-corrected chi connectivity index (χ3v) is 5.37. The van der Waals surface area contributed by atoms with E-state index in [1.54, 1.807) is 25.3 Å². The van der Waals surface area contributed by atoms with Crippen LogP contribution in [0.15, 0.2) is 35.1 Å². The van der Waals surface area contributed by atoms with Gasteiger partial charge >= 0.3 is 5.69 Å². The largest absolute Gasteiger partial charge is 0.497 e. The number of nitrogens with zero attached hydrogens (tertiary/aromatic N) is 2. The van der Waals surface area contributed by atoms with Crippen molar-refractivity contribution in [2.45, 2.75) is 32.7 Å². The molecule has 1 aromatic heterocycles. The highest BCUT2D eigenvalue weighted by Gasteiger charge is 2.21. The minimum Gasteiger partial charge on any atom is -0.497 e. The zero-order valence-corrected chi connectivity index (χ0v) is 16.7. The van der Waals surface area contributed by atoms with Crippen molar-refractivity contribution in [2.24, 2.45) is 5.92 Å². The Kier molecular flexibility index (Phi) is 6.46. The van der Waals surface area contributed by atoms with Gasteiger partial charge in [0.05, 0.1) is 12.8 Å². The molecule has 1 unspecified atom stereocenters. The van der Waals surface area contributed by atoms with E-state index in [1.165, 1.54) is 12.8 Å². The molecule has 28 heavy (non-hydrogen) atoms.